The first-order valence-electron chi connectivity index (χ1n) is 22.7. The van der Waals surface area contributed by atoms with Gasteiger partial charge >= 0.3 is 25.7 Å². The number of allylic oxidation sites excluding steroid dienone is 1. The zero-order chi connectivity index (χ0) is 41.4. The highest BCUT2D eigenvalue weighted by Gasteiger charge is 2.28. The minimum atomic E-state index is -4.71. The van der Waals surface area contributed by atoms with Crippen molar-refractivity contribution >= 4 is 25.7 Å². The zero-order valence-electron chi connectivity index (χ0n) is 35.6. The highest BCUT2D eigenvalue weighted by atomic mass is 31.2. The third-order valence-electron chi connectivity index (χ3n) is 10.2. The fraction of sp³-hybridized carbons (Fsp3) is 0.886. The van der Waals surface area contributed by atoms with Gasteiger partial charge in [-0.05, 0) is 25.7 Å². The Morgan fingerprint density at radius 1 is 0.571 bits per heavy atom. The molecule has 0 aliphatic heterocycles. The Labute approximate surface area is 341 Å². The Morgan fingerprint density at radius 2 is 0.929 bits per heavy atom. The van der Waals surface area contributed by atoms with Gasteiger partial charge in [0.1, 0.15) is 12.6 Å². The van der Waals surface area contributed by atoms with Crippen LogP contribution in [0.2, 0.25) is 0 Å². The molecule has 0 spiro atoms. The fourth-order valence-electron chi connectivity index (χ4n) is 6.58. The van der Waals surface area contributed by atoms with Crippen LogP contribution in [0.5, 0.6) is 0 Å². The van der Waals surface area contributed by atoms with E-state index in [0.717, 1.165) is 44.9 Å². The molecule has 56 heavy (non-hydrogen) atoms. The van der Waals surface area contributed by atoms with E-state index in [4.69, 9.17) is 24.8 Å². The number of aliphatic carboxylic acids is 1. The van der Waals surface area contributed by atoms with Gasteiger partial charge in [-0.2, -0.15) is 0 Å². The summed E-state index contributed by atoms with van der Waals surface area (Å²) >= 11 is 0. The monoisotopic (exact) mass is 818 g/mol. The van der Waals surface area contributed by atoms with E-state index in [0.29, 0.717) is 12.8 Å². The van der Waals surface area contributed by atoms with Crippen LogP contribution in [0.3, 0.4) is 0 Å². The van der Waals surface area contributed by atoms with Crippen LogP contribution in [0.25, 0.3) is 0 Å². The van der Waals surface area contributed by atoms with E-state index in [9.17, 15) is 23.8 Å². The van der Waals surface area contributed by atoms with Crippen LogP contribution in [0.1, 0.15) is 219 Å². The molecular weight excluding hydrogens is 733 g/mol. The molecule has 0 aliphatic carbocycles. The van der Waals surface area contributed by atoms with Crippen LogP contribution in [-0.4, -0.2) is 59.9 Å². The lowest BCUT2D eigenvalue weighted by Gasteiger charge is -2.20. The summed E-state index contributed by atoms with van der Waals surface area (Å²) < 4.78 is 32.7. The second-order valence-electron chi connectivity index (χ2n) is 15.6. The molecular formula is C44H84NO10P. The molecule has 0 saturated heterocycles. The van der Waals surface area contributed by atoms with Gasteiger partial charge in [0.25, 0.3) is 0 Å². The minimum Gasteiger partial charge on any atom is -0.480 e. The Kier molecular flexibility index (Phi) is 38.7. The summed E-state index contributed by atoms with van der Waals surface area (Å²) in [4.78, 5) is 46.0. The van der Waals surface area contributed by atoms with Crippen molar-refractivity contribution < 1.29 is 47.5 Å². The van der Waals surface area contributed by atoms with Crippen molar-refractivity contribution in [3.8, 4) is 0 Å². The van der Waals surface area contributed by atoms with E-state index in [-0.39, 0.29) is 19.4 Å². The molecule has 0 radical (unpaired) electrons. The Bertz CT molecular complexity index is 997. The van der Waals surface area contributed by atoms with Gasteiger partial charge in [-0.15, -0.1) is 6.58 Å². The summed E-state index contributed by atoms with van der Waals surface area (Å²) in [5, 5.41) is 8.89. The van der Waals surface area contributed by atoms with E-state index in [1.54, 1.807) is 0 Å². The van der Waals surface area contributed by atoms with Crippen molar-refractivity contribution in [3.63, 3.8) is 0 Å². The number of unbranched alkanes of at least 4 members (excludes halogenated alkanes) is 29. The molecule has 330 valence electrons. The molecule has 0 saturated carbocycles. The first-order valence-corrected chi connectivity index (χ1v) is 24.2. The molecule has 3 atom stereocenters. The third-order valence-corrected chi connectivity index (χ3v) is 11.1. The Balaban J connectivity index is 4.28. The van der Waals surface area contributed by atoms with Crippen LogP contribution >= 0.6 is 7.82 Å². The molecule has 0 rings (SSSR count). The quantitative estimate of drug-likeness (QED) is 0.0231. The van der Waals surface area contributed by atoms with Crippen molar-refractivity contribution in [2.45, 2.75) is 231 Å². The average Bonchev–Trinajstić information content (AvgIpc) is 3.17. The summed E-state index contributed by atoms with van der Waals surface area (Å²) in [6.45, 7) is 4.36. The largest absolute Gasteiger partial charge is 0.480 e. The molecule has 0 aromatic heterocycles. The number of carboxylic acid groups (broad SMARTS) is 1. The predicted octanol–water partition coefficient (Wildman–Crippen LogP) is 12.1. The fourth-order valence-corrected chi connectivity index (χ4v) is 7.35. The highest BCUT2D eigenvalue weighted by molar-refractivity contribution is 7.47. The number of carbonyl (C=O) groups is 3. The maximum absolute atomic E-state index is 12.6. The number of ether oxygens (including phenoxy) is 2. The first-order chi connectivity index (χ1) is 27.1. The van der Waals surface area contributed by atoms with Crippen molar-refractivity contribution in [3.05, 3.63) is 12.7 Å². The van der Waals surface area contributed by atoms with Crippen LogP contribution in [0.4, 0.5) is 0 Å². The van der Waals surface area contributed by atoms with Crippen LogP contribution in [0.15, 0.2) is 12.7 Å². The lowest BCUT2D eigenvalue weighted by molar-refractivity contribution is -0.161. The van der Waals surface area contributed by atoms with Crippen molar-refractivity contribution in [1.82, 2.24) is 0 Å². The van der Waals surface area contributed by atoms with Gasteiger partial charge in [-0.25, -0.2) is 4.57 Å². The number of hydrogen-bond donors (Lipinski definition) is 3. The molecule has 0 fully saturated rings. The lowest BCUT2D eigenvalue weighted by Crippen LogP contribution is -2.34. The number of carboxylic acids is 1. The number of phosphoric acid groups is 1. The zero-order valence-corrected chi connectivity index (χ0v) is 36.5. The van der Waals surface area contributed by atoms with Gasteiger partial charge < -0.3 is 25.2 Å². The average molecular weight is 818 g/mol. The Hall–Kier alpha value is -1.78. The van der Waals surface area contributed by atoms with Crippen LogP contribution in [-0.2, 0) is 37.5 Å². The predicted molar refractivity (Wildman–Crippen MR) is 226 cm³/mol. The van der Waals surface area contributed by atoms with Gasteiger partial charge in [0.05, 0.1) is 13.2 Å². The number of nitrogens with two attached hydrogens (primary N) is 1. The molecule has 0 heterocycles. The van der Waals surface area contributed by atoms with Crippen molar-refractivity contribution in [2.75, 3.05) is 19.8 Å². The van der Waals surface area contributed by atoms with E-state index in [2.05, 4.69) is 18.0 Å². The van der Waals surface area contributed by atoms with E-state index < -0.39 is 51.1 Å². The lowest BCUT2D eigenvalue weighted by atomic mass is 10.0. The highest BCUT2D eigenvalue weighted by Crippen LogP contribution is 2.43. The summed E-state index contributed by atoms with van der Waals surface area (Å²) in [5.74, 6) is -2.36. The summed E-state index contributed by atoms with van der Waals surface area (Å²) in [6, 6.07) is -1.52. The third kappa shape index (κ3) is 39.1. The van der Waals surface area contributed by atoms with Crippen LogP contribution in [0, 0.1) is 0 Å². The maximum atomic E-state index is 12.6. The number of esters is 2. The second-order valence-corrected chi connectivity index (χ2v) is 17.1. The molecule has 0 aromatic rings. The number of rotatable bonds is 44. The van der Waals surface area contributed by atoms with Crippen LogP contribution < -0.4 is 5.73 Å². The SMILES string of the molecule is C=CCCCCCCCCCCCCCCCC(=O)OC[C@H](COP(=O)(O)OC[C@H](N)C(=O)O)OC(=O)CCCCCCCCCCCCCCCCCCC. The second kappa shape index (κ2) is 40.0. The molecule has 1 unspecified atom stereocenters. The molecule has 12 heteroatoms. The standard InChI is InChI=1S/C44H84NO10P/c1-3-5-7-9-11-13-15-17-19-20-22-24-26-28-30-32-34-36-43(47)55-40(38-53-56(50,51)54-39-41(45)44(48)49)37-52-42(46)35-33-31-29-27-25-23-21-18-16-14-12-10-8-6-4-2/h4,40-41H,2-3,5-39,45H2,1H3,(H,48,49)(H,50,51)/t40-,41+/m1/s1. The van der Waals surface area contributed by atoms with E-state index in [1.165, 1.54) is 141 Å². The van der Waals surface area contributed by atoms with Gasteiger partial charge in [0.15, 0.2) is 6.10 Å². The van der Waals surface area contributed by atoms with E-state index >= 15 is 0 Å². The van der Waals surface area contributed by atoms with Gasteiger partial charge in [0, 0.05) is 12.8 Å². The van der Waals surface area contributed by atoms with Crippen molar-refractivity contribution in [2.24, 2.45) is 5.73 Å². The molecule has 11 nitrogen and oxygen atoms in total. The first kappa shape index (κ1) is 54.2. The van der Waals surface area contributed by atoms with Crippen molar-refractivity contribution in [1.29, 1.82) is 0 Å². The molecule has 0 aliphatic rings. The van der Waals surface area contributed by atoms with Gasteiger partial charge in [-0.3, -0.25) is 23.4 Å². The Morgan fingerprint density at radius 3 is 1.32 bits per heavy atom. The topological polar surface area (TPSA) is 172 Å². The number of phosphoric ester groups is 1. The molecule has 0 aromatic carbocycles. The maximum Gasteiger partial charge on any atom is 0.472 e. The van der Waals surface area contributed by atoms with Gasteiger partial charge in [-0.1, -0.05) is 186 Å². The summed E-state index contributed by atoms with van der Waals surface area (Å²) in [5.41, 5.74) is 5.34. The normalized spacial score (nSPS) is 13.6. The van der Waals surface area contributed by atoms with E-state index in [1.807, 2.05) is 6.08 Å². The molecule has 0 amide bonds. The number of carbonyl (C=O) groups excluding carboxylic acids is 2. The minimum absolute atomic E-state index is 0.167. The molecule has 4 N–H and O–H groups in total. The summed E-state index contributed by atoms with van der Waals surface area (Å²) in [7, 11) is -4.71. The number of hydrogen-bond acceptors (Lipinski definition) is 9. The molecule has 0 bridgehead atoms. The van der Waals surface area contributed by atoms with Gasteiger partial charge in [0.2, 0.25) is 0 Å². The summed E-state index contributed by atoms with van der Waals surface area (Å²) in [6.07, 6.45) is 38.8. The smallest absolute Gasteiger partial charge is 0.472 e.